The Labute approximate surface area is 118 Å². The average molecular weight is 279 g/mol. The van der Waals surface area contributed by atoms with Crippen LogP contribution in [-0.2, 0) is 11.2 Å². The van der Waals surface area contributed by atoms with Crippen molar-refractivity contribution in [2.75, 3.05) is 11.9 Å². The normalized spacial score (nSPS) is 11.9. The summed E-state index contributed by atoms with van der Waals surface area (Å²) < 4.78 is 0. The van der Waals surface area contributed by atoms with Crippen LogP contribution in [0.4, 0.5) is 11.4 Å². The molecule has 1 aromatic carbocycles. The van der Waals surface area contributed by atoms with Crippen LogP contribution in [0.1, 0.15) is 32.8 Å². The highest BCUT2D eigenvalue weighted by molar-refractivity contribution is 5.92. The monoisotopic (exact) mass is 279 g/mol. The summed E-state index contributed by atoms with van der Waals surface area (Å²) >= 11 is 0. The van der Waals surface area contributed by atoms with Gasteiger partial charge in [0, 0.05) is 23.4 Å². The van der Waals surface area contributed by atoms with E-state index < -0.39 is 4.92 Å². The van der Waals surface area contributed by atoms with Gasteiger partial charge >= 0.3 is 0 Å². The van der Waals surface area contributed by atoms with Crippen molar-refractivity contribution < 1.29 is 9.72 Å². The maximum Gasteiger partial charge on any atom is 0.274 e. The Balaban J connectivity index is 2.71. The van der Waals surface area contributed by atoms with Crippen molar-refractivity contribution in [2.24, 2.45) is 0 Å². The van der Waals surface area contributed by atoms with Gasteiger partial charge in [-0.15, -0.1) is 0 Å². The Bertz CT molecular complexity index is 489. The fourth-order valence-electron chi connectivity index (χ4n) is 1.73. The summed E-state index contributed by atoms with van der Waals surface area (Å²) in [4.78, 5) is 22.3. The quantitative estimate of drug-likeness (QED) is 0.593. The number of rotatable bonds is 7. The molecule has 0 aliphatic rings. The number of hydrogen-bond acceptors (Lipinski definition) is 4. The number of carbonyl (C=O) groups excluding carboxylic acids is 1. The molecule has 2 N–H and O–H groups in total. The number of nitro groups is 1. The molecule has 20 heavy (non-hydrogen) atoms. The Kier molecular flexibility index (Phi) is 6.11. The second-order valence-electron chi connectivity index (χ2n) is 4.69. The zero-order chi connectivity index (χ0) is 15.1. The van der Waals surface area contributed by atoms with Gasteiger partial charge < -0.3 is 10.6 Å². The molecule has 0 aromatic heterocycles. The van der Waals surface area contributed by atoms with Gasteiger partial charge in [-0.25, -0.2) is 0 Å². The van der Waals surface area contributed by atoms with Crippen LogP contribution in [0.15, 0.2) is 18.2 Å². The van der Waals surface area contributed by atoms with Crippen LogP contribution < -0.4 is 10.6 Å². The van der Waals surface area contributed by atoms with Crippen molar-refractivity contribution in [3.05, 3.63) is 33.9 Å². The van der Waals surface area contributed by atoms with Crippen LogP contribution in [0, 0.1) is 10.1 Å². The van der Waals surface area contributed by atoms with Crippen LogP contribution in [0.25, 0.3) is 0 Å². The Morgan fingerprint density at radius 3 is 2.65 bits per heavy atom. The van der Waals surface area contributed by atoms with Gasteiger partial charge in [0.05, 0.1) is 11.5 Å². The van der Waals surface area contributed by atoms with E-state index in [-0.39, 0.29) is 24.2 Å². The lowest BCUT2D eigenvalue weighted by atomic mass is 10.1. The van der Waals surface area contributed by atoms with E-state index in [1.54, 1.807) is 12.1 Å². The predicted octanol–water partition coefficient (Wildman–Crippen LogP) is 2.48. The Hall–Kier alpha value is -1.95. The van der Waals surface area contributed by atoms with E-state index in [0.29, 0.717) is 17.7 Å². The first-order valence-corrected chi connectivity index (χ1v) is 6.78. The third-order valence-corrected chi connectivity index (χ3v) is 3.17. The van der Waals surface area contributed by atoms with Gasteiger partial charge in [0.1, 0.15) is 0 Å². The second kappa shape index (κ2) is 7.59. The first-order valence-electron chi connectivity index (χ1n) is 6.78. The summed E-state index contributed by atoms with van der Waals surface area (Å²) in [5.41, 5.74) is 1.15. The minimum absolute atomic E-state index is 0.0418. The highest BCUT2D eigenvalue weighted by Crippen LogP contribution is 2.23. The number of aryl methyl sites for hydroxylation is 1. The smallest absolute Gasteiger partial charge is 0.274 e. The van der Waals surface area contributed by atoms with Gasteiger partial charge in [-0.05, 0) is 25.8 Å². The van der Waals surface area contributed by atoms with Crippen molar-refractivity contribution in [3.63, 3.8) is 0 Å². The number of amides is 1. The minimum atomic E-state index is -0.425. The molecule has 0 bridgehead atoms. The van der Waals surface area contributed by atoms with Crippen LogP contribution >= 0.6 is 0 Å². The molecule has 0 saturated heterocycles. The van der Waals surface area contributed by atoms with E-state index in [0.717, 1.165) is 6.42 Å². The number of nitrogens with zero attached hydrogens (tertiary/aromatic N) is 1. The third-order valence-electron chi connectivity index (χ3n) is 3.17. The predicted molar refractivity (Wildman–Crippen MR) is 78.9 cm³/mol. The number of hydrogen-bond donors (Lipinski definition) is 2. The first-order chi connectivity index (χ1) is 9.47. The third kappa shape index (κ3) is 4.62. The molecule has 0 aliphatic carbocycles. The largest absolute Gasteiger partial charge is 0.325 e. The van der Waals surface area contributed by atoms with Crippen molar-refractivity contribution in [2.45, 2.75) is 39.7 Å². The van der Waals surface area contributed by atoms with Gasteiger partial charge in [0.15, 0.2) is 0 Å². The van der Waals surface area contributed by atoms with Crippen LogP contribution in [0.2, 0.25) is 0 Å². The van der Waals surface area contributed by atoms with Crippen molar-refractivity contribution in [3.8, 4) is 0 Å². The molecule has 110 valence electrons. The lowest BCUT2D eigenvalue weighted by molar-refractivity contribution is -0.385. The maximum atomic E-state index is 11.7. The SMILES string of the molecule is CCc1ccc(NC(=O)CNC(C)CC)cc1[N+](=O)[O-]. The van der Waals surface area contributed by atoms with E-state index in [4.69, 9.17) is 0 Å². The molecule has 1 atom stereocenters. The molecule has 0 heterocycles. The highest BCUT2D eigenvalue weighted by atomic mass is 16.6. The average Bonchev–Trinajstić information content (AvgIpc) is 2.44. The zero-order valence-electron chi connectivity index (χ0n) is 12.1. The van der Waals surface area contributed by atoms with Crippen molar-refractivity contribution >= 4 is 17.3 Å². The van der Waals surface area contributed by atoms with E-state index in [9.17, 15) is 14.9 Å². The molecule has 1 amide bonds. The number of carbonyl (C=O) groups is 1. The summed E-state index contributed by atoms with van der Waals surface area (Å²) in [6.07, 6.45) is 1.52. The van der Waals surface area contributed by atoms with Gasteiger partial charge in [-0.2, -0.15) is 0 Å². The fourth-order valence-corrected chi connectivity index (χ4v) is 1.73. The standard InChI is InChI=1S/C14H21N3O3/c1-4-10(3)15-9-14(18)16-12-7-6-11(5-2)13(8-12)17(19)20/h6-8,10,15H,4-5,9H2,1-3H3,(H,16,18). The molecule has 0 aliphatic heterocycles. The lowest BCUT2D eigenvalue weighted by Gasteiger charge is -2.11. The summed E-state index contributed by atoms with van der Waals surface area (Å²) in [5.74, 6) is -0.205. The van der Waals surface area contributed by atoms with Crippen molar-refractivity contribution in [1.82, 2.24) is 5.32 Å². The minimum Gasteiger partial charge on any atom is -0.325 e. The summed E-state index contributed by atoms with van der Waals surface area (Å²) in [6.45, 7) is 6.07. The molecule has 0 spiro atoms. The molecule has 1 rings (SSSR count). The summed E-state index contributed by atoms with van der Waals surface area (Å²) in [7, 11) is 0. The fraction of sp³-hybridized carbons (Fsp3) is 0.500. The molecular weight excluding hydrogens is 258 g/mol. The van der Waals surface area contributed by atoms with Gasteiger partial charge in [0.2, 0.25) is 5.91 Å². The van der Waals surface area contributed by atoms with Gasteiger partial charge in [-0.1, -0.05) is 19.9 Å². The van der Waals surface area contributed by atoms with Crippen LogP contribution in [0.3, 0.4) is 0 Å². The highest BCUT2D eigenvalue weighted by Gasteiger charge is 2.14. The van der Waals surface area contributed by atoms with Gasteiger partial charge in [0.25, 0.3) is 5.69 Å². The van der Waals surface area contributed by atoms with Crippen LogP contribution in [0.5, 0.6) is 0 Å². The molecule has 1 aromatic rings. The topological polar surface area (TPSA) is 84.3 Å². The van der Waals surface area contributed by atoms with E-state index in [2.05, 4.69) is 10.6 Å². The number of nitro benzene ring substituents is 1. The maximum absolute atomic E-state index is 11.7. The number of nitrogens with one attached hydrogen (secondary N) is 2. The Morgan fingerprint density at radius 2 is 2.10 bits per heavy atom. The van der Waals surface area contributed by atoms with Crippen molar-refractivity contribution in [1.29, 1.82) is 0 Å². The molecule has 1 unspecified atom stereocenters. The Morgan fingerprint density at radius 1 is 1.40 bits per heavy atom. The van der Waals surface area contributed by atoms with E-state index >= 15 is 0 Å². The second-order valence-corrected chi connectivity index (χ2v) is 4.69. The molecule has 6 nitrogen and oxygen atoms in total. The lowest BCUT2D eigenvalue weighted by Crippen LogP contribution is -2.33. The molecule has 0 saturated carbocycles. The molecule has 0 radical (unpaired) electrons. The number of anilines is 1. The van der Waals surface area contributed by atoms with Gasteiger partial charge in [-0.3, -0.25) is 14.9 Å². The number of benzene rings is 1. The summed E-state index contributed by atoms with van der Waals surface area (Å²) in [5, 5.41) is 16.7. The molecular formula is C14H21N3O3. The molecule has 6 heteroatoms. The zero-order valence-corrected chi connectivity index (χ0v) is 12.1. The summed E-state index contributed by atoms with van der Waals surface area (Å²) in [6, 6.07) is 5.03. The first kappa shape index (κ1) is 16.1. The van der Waals surface area contributed by atoms with E-state index in [1.165, 1.54) is 6.07 Å². The molecule has 0 fully saturated rings. The van der Waals surface area contributed by atoms with Crippen LogP contribution in [-0.4, -0.2) is 23.4 Å². The van der Waals surface area contributed by atoms with E-state index in [1.807, 2.05) is 20.8 Å².